The minimum atomic E-state index is -0.767. The van der Waals surface area contributed by atoms with E-state index in [1.165, 1.54) is 12.3 Å². The number of rotatable bonds is 5. The smallest absolute Gasteiger partial charge is 0.308 e. The van der Waals surface area contributed by atoms with Crippen LogP contribution in [0.5, 0.6) is 0 Å². The first-order valence-corrected chi connectivity index (χ1v) is 14.0. The summed E-state index contributed by atoms with van der Waals surface area (Å²) in [5.74, 6) is -0.380. The fourth-order valence-corrected chi connectivity index (χ4v) is 7.07. The van der Waals surface area contributed by atoms with E-state index >= 15 is 0 Å². The Bertz CT molecular complexity index is 1970. The lowest BCUT2D eigenvalue weighted by Gasteiger charge is -2.47. The van der Waals surface area contributed by atoms with Crippen molar-refractivity contribution in [3.63, 3.8) is 0 Å². The van der Waals surface area contributed by atoms with Crippen LogP contribution in [0.15, 0.2) is 71.4 Å². The molecule has 0 saturated heterocycles. The zero-order valence-electron chi connectivity index (χ0n) is 22.0. The predicted molar refractivity (Wildman–Crippen MR) is 154 cm³/mol. The topological polar surface area (TPSA) is 117 Å². The van der Waals surface area contributed by atoms with Gasteiger partial charge in [-0.05, 0) is 55.7 Å². The number of benzene rings is 2. The number of halogens is 1. The highest BCUT2D eigenvalue weighted by Crippen LogP contribution is 2.46. The van der Waals surface area contributed by atoms with Crippen molar-refractivity contribution in [2.75, 3.05) is 5.32 Å². The summed E-state index contributed by atoms with van der Waals surface area (Å²) in [6.07, 6.45) is 6.79. The molecule has 9 rings (SSSR count). The van der Waals surface area contributed by atoms with Crippen molar-refractivity contribution in [1.82, 2.24) is 19.9 Å². The van der Waals surface area contributed by atoms with E-state index in [4.69, 9.17) is 14.4 Å². The summed E-state index contributed by atoms with van der Waals surface area (Å²) in [6.45, 7) is 0. The first kappa shape index (κ1) is 24.0. The number of carbonyl (C=O) groups is 1. The summed E-state index contributed by atoms with van der Waals surface area (Å²) in [5.41, 5.74) is 4.02. The first-order valence-electron chi connectivity index (χ1n) is 14.0. The molecule has 2 bridgehead atoms. The van der Waals surface area contributed by atoms with E-state index in [1.54, 1.807) is 6.20 Å². The van der Waals surface area contributed by atoms with Gasteiger partial charge < -0.3 is 19.8 Å². The molecule has 2 atom stereocenters. The Labute approximate surface area is 233 Å². The molecular formula is C32H26FN5O3. The molecular weight excluding hydrogens is 521 g/mol. The van der Waals surface area contributed by atoms with Crippen molar-refractivity contribution in [3.8, 4) is 22.6 Å². The summed E-state index contributed by atoms with van der Waals surface area (Å²) < 4.78 is 20.5. The van der Waals surface area contributed by atoms with Gasteiger partial charge in [0.15, 0.2) is 5.82 Å². The number of fused-ring (bicyclic) bond motifs is 7. The number of aromatic amines is 1. The molecule has 0 amide bonds. The first-order chi connectivity index (χ1) is 20.0. The van der Waals surface area contributed by atoms with E-state index in [-0.39, 0.29) is 17.9 Å². The number of nitrogens with zero attached hydrogens (tertiary/aromatic N) is 3. The second kappa shape index (κ2) is 9.12. The Morgan fingerprint density at radius 2 is 1.76 bits per heavy atom. The van der Waals surface area contributed by atoms with Crippen molar-refractivity contribution in [1.29, 1.82) is 0 Å². The molecule has 204 valence electrons. The third-order valence-electron chi connectivity index (χ3n) is 8.96. The van der Waals surface area contributed by atoms with Gasteiger partial charge in [0.05, 0.1) is 17.8 Å². The van der Waals surface area contributed by atoms with Gasteiger partial charge in [0.25, 0.3) is 0 Å². The lowest BCUT2D eigenvalue weighted by molar-refractivity contribution is -0.148. The Kier molecular flexibility index (Phi) is 5.35. The van der Waals surface area contributed by atoms with Crippen molar-refractivity contribution in [3.05, 3.63) is 72.8 Å². The van der Waals surface area contributed by atoms with Gasteiger partial charge >= 0.3 is 5.97 Å². The van der Waals surface area contributed by atoms with Crippen LogP contribution in [-0.4, -0.2) is 37.1 Å². The van der Waals surface area contributed by atoms with Crippen molar-refractivity contribution in [2.24, 2.45) is 17.8 Å². The Balaban J connectivity index is 1.32. The van der Waals surface area contributed by atoms with Crippen LogP contribution in [0.2, 0.25) is 0 Å². The Morgan fingerprint density at radius 3 is 2.61 bits per heavy atom. The van der Waals surface area contributed by atoms with E-state index in [1.807, 2.05) is 48.5 Å². The maximum absolute atomic E-state index is 14.2. The van der Waals surface area contributed by atoms with E-state index in [0.717, 1.165) is 47.6 Å². The molecule has 3 saturated carbocycles. The molecule has 2 aromatic carbocycles. The number of furan rings is 1. The van der Waals surface area contributed by atoms with Gasteiger partial charge in [0.2, 0.25) is 0 Å². The summed E-state index contributed by atoms with van der Waals surface area (Å²) in [7, 11) is 0. The Hall–Kier alpha value is -4.79. The third kappa shape index (κ3) is 3.87. The summed E-state index contributed by atoms with van der Waals surface area (Å²) in [4.78, 5) is 29.4. The number of H-pyrrole nitrogens is 1. The number of carboxylic acid groups (broad SMARTS) is 1. The standard InChI is InChI=1S/C32H26FN5O3/c33-18-12-22-23(15-35-30(22)34-14-18)31-36-24(21-6-3-5-20-19-4-1-2-7-25(19)41-29(20)21)13-26(38-31)37-28-17-10-8-16(9-11-17)27(28)32(39)40/h1-7,12-17,27-28H,8-11H2,(H,34,35)(H,39,40)(H,36,37,38). The largest absolute Gasteiger partial charge is 0.481 e. The maximum atomic E-state index is 14.2. The van der Waals surface area contributed by atoms with Crippen LogP contribution in [0.4, 0.5) is 10.2 Å². The fraction of sp³-hybridized carbons (Fsp3) is 0.250. The number of aliphatic carboxylic acids is 1. The van der Waals surface area contributed by atoms with Crippen LogP contribution >= 0.6 is 0 Å². The van der Waals surface area contributed by atoms with Crippen LogP contribution in [-0.2, 0) is 4.79 Å². The molecule has 9 heteroatoms. The summed E-state index contributed by atoms with van der Waals surface area (Å²) in [5, 5.41) is 16.2. The monoisotopic (exact) mass is 547 g/mol. The summed E-state index contributed by atoms with van der Waals surface area (Å²) in [6, 6.07) is 16.9. The number of hydrogen-bond donors (Lipinski definition) is 3. The van der Waals surface area contributed by atoms with Gasteiger partial charge in [-0.1, -0.05) is 30.3 Å². The fourth-order valence-electron chi connectivity index (χ4n) is 7.07. The van der Waals surface area contributed by atoms with E-state index < -0.39 is 17.7 Å². The van der Waals surface area contributed by atoms with Gasteiger partial charge in [0, 0.05) is 45.6 Å². The average Bonchev–Trinajstić information content (AvgIpc) is 3.58. The van der Waals surface area contributed by atoms with E-state index in [9.17, 15) is 14.3 Å². The maximum Gasteiger partial charge on any atom is 0.308 e. The highest BCUT2D eigenvalue weighted by atomic mass is 19.1. The molecule has 3 aliphatic rings. The number of pyridine rings is 1. The number of para-hydroxylation sites is 2. The van der Waals surface area contributed by atoms with Crippen molar-refractivity contribution in [2.45, 2.75) is 31.7 Å². The molecule has 6 aromatic rings. The summed E-state index contributed by atoms with van der Waals surface area (Å²) >= 11 is 0. The normalized spacial score (nSPS) is 22.1. The van der Waals surface area contributed by atoms with E-state index in [0.29, 0.717) is 39.5 Å². The van der Waals surface area contributed by atoms with Gasteiger partial charge in [-0.25, -0.2) is 19.3 Å². The van der Waals surface area contributed by atoms with Gasteiger partial charge in [-0.3, -0.25) is 4.79 Å². The quantitative estimate of drug-likeness (QED) is 0.212. The van der Waals surface area contributed by atoms with Crippen LogP contribution in [0.25, 0.3) is 55.6 Å². The predicted octanol–water partition coefficient (Wildman–Crippen LogP) is 7.03. The van der Waals surface area contributed by atoms with E-state index in [2.05, 4.69) is 15.3 Å². The van der Waals surface area contributed by atoms with Crippen LogP contribution in [0.3, 0.4) is 0 Å². The lowest BCUT2D eigenvalue weighted by Crippen LogP contribution is -2.51. The molecule has 3 fully saturated rings. The second-order valence-electron chi connectivity index (χ2n) is 11.2. The minimum absolute atomic E-state index is 0.155. The molecule has 2 unspecified atom stereocenters. The van der Waals surface area contributed by atoms with Crippen molar-refractivity contribution < 1.29 is 18.7 Å². The zero-order chi connectivity index (χ0) is 27.7. The molecule has 8 nitrogen and oxygen atoms in total. The third-order valence-corrected chi connectivity index (χ3v) is 8.96. The SMILES string of the molecule is O=C(O)C1C2CCC(CC2)C1Nc1cc(-c2cccc3c2oc2ccccc23)nc(-c2c[nH]c3ncc(F)cc23)n1. The number of hydrogen-bond acceptors (Lipinski definition) is 6. The number of anilines is 1. The van der Waals surface area contributed by atoms with Crippen molar-refractivity contribution >= 4 is 44.8 Å². The highest BCUT2D eigenvalue weighted by molar-refractivity contribution is 6.09. The van der Waals surface area contributed by atoms with Crippen LogP contribution < -0.4 is 5.32 Å². The number of aromatic nitrogens is 4. The average molecular weight is 548 g/mol. The lowest BCUT2D eigenvalue weighted by atomic mass is 9.61. The Morgan fingerprint density at radius 1 is 0.951 bits per heavy atom. The van der Waals surface area contributed by atoms with Gasteiger partial charge in [-0.15, -0.1) is 0 Å². The molecule has 4 aromatic heterocycles. The second-order valence-corrected chi connectivity index (χ2v) is 11.2. The van der Waals surface area contributed by atoms with Crippen LogP contribution in [0, 0.1) is 23.6 Å². The molecule has 0 aliphatic heterocycles. The highest BCUT2D eigenvalue weighted by Gasteiger charge is 2.47. The minimum Gasteiger partial charge on any atom is -0.481 e. The molecule has 4 heterocycles. The zero-order valence-corrected chi connectivity index (χ0v) is 22.0. The molecule has 3 N–H and O–H groups in total. The van der Waals surface area contributed by atoms with Crippen LogP contribution in [0.1, 0.15) is 25.7 Å². The van der Waals surface area contributed by atoms with Gasteiger partial charge in [0.1, 0.15) is 28.4 Å². The molecule has 3 aliphatic carbocycles. The number of nitrogens with one attached hydrogen (secondary N) is 2. The molecule has 0 spiro atoms. The number of carboxylic acids is 1. The molecule has 41 heavy (non-hydrogen) atoms. The molecule has 0 radical (unpaired) electrons. The van der Waals surface area contributed by atoms with Gasteiger partial charge in [-0.2, -0.15) is 0 Å².